The number of benzene rings is 2. The molecular formula is C25H17N3O5. The highest BCUT2D eigenvalue weighted by Crippen LogP contribution is 2.46. The molecule has 0 N–H and O–H groups in total. The predicted molar refractivity (Wildman–Crippen MR) is 120 cm³/mol. The van der Waals surface area contributed by atoms with Gasteiger partial charge < -0.3 is 13.9 Å². The fourth-order valence-corrected chi connectivity index (χ4v) is 4.41. The van der Waals surface area contributed by atoms with Gasteiger partial charge in [0.1, 0.15) is 28.2 Å². The Balaban J connectivity index is 1.70. The highest BCUT2D eigenvalue weighted by atomic mass is 16.5. The molecule has 0 saturated heterocycles. The summed E-state index contributed by atoms with van der Waals surface area (Å²) in [6.07, 6.45) is 5.20. The molecule has 33 heavy (non-hydrogen) atoms. The summed E-state index contributed by atoms with van der Waals surface area (Å²) in [7, 11) is 1.46. The zero-order valence-electron chi connectivity index (χ0n) is 17.5. The first-order valence-electron chi connectivity index (χ1n) is 10.4. The Morgan fingerprint density at radius 1 is 1.12 bits per heavy atom. The maximum atomic E-state index is 13.2. The van der Waals surface area contributed by atoms with Gasteiger partial charge in [0.15, 0.2) is 11.1 Å². The van der Waals surface area contributed by atoms with Gasteiger partial charge in [-0.2, -0.15) is 5.10 Å². The molecule has 3 aromatic heterocycles. The molecule has 0 saturated carbocycles. The molecule has 0 amide bonds. The average Bonchev–Trinajstić information content (AvgIpc) is 3.27. The van der Waals surface area contributed by atoms with Gasteiger partial charge in [-0.25, -0.2) is 9.50 Å². The van der Waals surface area contributed by atoms with Crippen LogP contribution >= 0.6 is 0 Å². The molecule has 5 aromatic rings. The number of hydrogen-bond acceptors (Lipinski definition) is 7. The maximum Gasteiger partial charge on any atom is 0.312 e. The third kappa shape index (κ3) is 2.99. The summed E-state index contributed by atoms with van der Waals surface area (Å²) in [6, 6.07) is 14.2. The number of aromatic nitrogens is 3. The van der Waals surface area contributed by atoms with Crippen molar-refractivity contribution in [1.29, 1.82) is 0 Å². The number of carbonyl (C=O) groups excluding carboxylic acids is 1. The molecule has 0 unspecified atom stereocenters. The predicted octanol–water partition coefficient (Wildman–Crippen LogP) is 3.95. The van der Waals surface area contributed by atoms with Crippen LogP contribution in [0, 0.1) is 0 Å². The molecule has 0 aliphatic carbocycles. The molecule has 1 aliphatic heterocycles. The fourth-order valence-electron chi connectivity index (χ4n) is 4.41. The molecule has 6 rings (SSSR count). The SMILES string of the molecule is COc1cc2c(c3oc(-c4ccccc4)cc(=O)c13)[C@@H](c1cnn3cccnc13)CC(=O)O2. The summed E-state index contributed by atoms with van der Waals surface area (Å²) < 4.78 is 19.0. The fraction of sp³-hybridized carbons (Fsp3) is 0.120. The van der Waals surface area contributed by atoms with Crippen molar-refractivity contribution in [3.05, 3.63) is 88.5 Å². The molecule has 162 valence electrons. The lowest BCUT2D eigenvalue weighted by Gasteiger charge is -2.25. The van der Waals surface area contributed by atoms with E-state index >= 15 is 0 Å². The van der Waals surface area contributed by atoms with E-state index in [9.17, 15) is 9.59 Å². The van der Waals surface area contributed by atoms with E-state index in [0.717, 1.165) is 11.1 Å². The van der Waals surface area contributed by atoms with Gasteiger partial charge in [0.05, 0.1) is 19.7 Å². The largest absolute Gasteiger partial charge is 0.496 e. The Hall–Kier alpha value is -4.46. The second-order valence-electron chi connectivity index (χ2n) is 7.75. The van der Waals surface area contributed by atoms with Crippen LogP contribution in [0.3, 0.4) is 0 Å². The van der Waals surface area contributed by atoms with E-state index in [1.165, 1.54) is 13.2 Å². The Morgan fingerprint density at radius 2 is 1.97 bits per heavy atom. The van der Waals surface area contributed by atoms with E-state index in [0.29, 0.717) is 33.7 Å². The molecule has 1 atom stereocenters. The number of esters is 1. The lowest BCUT2D eigenvalue weighted by Crippen LogP contribution is -2.22. The Morgan fingerprint density at radius 3 is 2.79 bits per heavy atom. The maximum absolute atomic E-state index is 13.2. The summed E-state index contributed by atoms with van der Waals surface area (Å²) in [5.41, 5.74) is 2.80. The summed E-state index contributed by atoms with van der Waals surface area (Å²) in [6.45, 7) is 0. The van der Waals surface area contributed by atoms with Crippen molar-refractivity contribution in [1.82, 2.24) is 14.6 Å². The monoisotopic (exact) mass is 439 g/mol. The quantitative estimate of drug-likeness (QED) is 0.310. The van der Waals surface area contributed by atoms with Crippen molar-refractivity contribution in [2.24, 2.45) is 0 Å². The first kappa shape index (κ1) is 19.2. The molecule has 2 aromatic carbocycles. The van der Waals surface area contributed by atoms with Crippen LogP contribution in [0.4, 0.5) is 0 Å². The van der Waals surface area contributed by atoms with Gasteiger partial charge in [-0.1, -0.05) is 30.3 Å². The minimum atomic E-state index is -0.462. The van der Waals surface area contributed by atoms with E-state index in [4.69, 9.17) is 13.9 Å². The average molecular weight is 439 g/mol. The Bertz CT molecular complexity index is 1600. The smallest absolute Gasteiger partial charge is 0.312 e. The number of rotatable bonds is 3. The highest BCUT2D eigenvalue weighted by molar-refractivity contribution is 5.93. The first-order valence-corrected chi connectivity index (χ1v) is 10.4. The molecule has 8 heteroatoms. The van der Waals surface area contributed by atoms with E-state index in [-0.39, 0.29) is 17.6 Å². The number of nitrogens with zero attached hydrogens (tertiary/aromatic N) is 3. The van der Waals surface area contributed by atoms with E-state index in [1.807, 2.05) is 30.3 Å². The van der Waals surface area contributed by atoms with Gasteiger partial charge in [-0.15, -0.1) is 0 Å². The molecule has 0 radical (unpaired) electrons. The van der Waals surface area contributed by atoms with Crippen molar-refractivity contribution in [3.8, 4) is 22.8 Å². The standard InChI is InChI=1S/C25H17N3O5/c1-31-19-12-20-22(24-23(19)17(29)11-18(33-24)14-6-3-2-4-7-14)15(10-21(30)32-20)16-13-27-28-9-5-8-26-25(16)28/h2-9,11-13,15H,10H2,1H3/t15-/m1/s1. The minimum absolute atomic E-state index is 0.0611. The molecule has 4 heterocycles. The van der Waals surface area contributed by atoms with Gasteiger partial charge in [-0.05, 0) is 6.07 Å². The molecule has 0 spiro atoms. The third-order valence-electron chi connectivity index (χ3n) is 5.87. The van der Waals surface area contributed by atoms with Gasteiger partial charge in [0.25, 0.3) is 0 Å². The number of ether oxygens (including phenoxy) is 2. The number of methoxy groups -OCH3 is 1. The van der Waals surface area contributed by atoms with Crippen LogP contribution in [0.15, 0.2) is 76.3 Å². The highest BCUT2D eigenvalue weighted by Gasteiger charge is 2.35. The van der Waals surface area contributed by atoms with E-state index in [1.54, 1.807) is 35.2 Å². The normalized spacial score (nSPS) is 15.4. The van der Waals surface area contributed by atoms with Crippen LogP contribution in [0.1, 0.15) is 23.5 Å². The van der Waals surface area contributed by atoms with E-state index in [2.05, 4.69) is 10.1 Å². The number of hydrogen-bond donors (Lipinski definition) is 0. The van der Waals surface area contributed by atoms with Gasteiger partial charge in [-0.3, -0.25) is 9.59 Å². The summed E-state index contributed by atoms with van der Waals surface area (Å²) in [5, 5.41) is 4.67. The topological polar surface area (TPSA) is 95.9 Å². The summed E-state index contributed by atoms with van der Waals surface area (Å²) in [5.74, 6) is 0.131. The number of fused-ring (bicyclic) bond motifs is 4. The van der Waals surface area contributed by atoms with Crippen LogP contribution in [0.5, 0.6) is 11.5 Å². The van der Waals surface area contributed by atoms with Crippen LogP contribution < -0.4 is 14.9 Å². The van der Waals surface area contributed by atoms with Gasteiger partial charge >= 0.3 is 5.97 Å². The lowest BCUT2D eigenvalue weighted by atomic mass is 9.86. The van der Waals surface area contributed by atoms with Crippen LogP contribution in [-0.4, -0.2) is 27.7 Å². The molecule has 0 fully saturated rings. The summed E-state index contributed by atoms with van der Waals surface area (Å²) >= 11 is 0. The minimum Gasteiger partial charge on any atom is -0.496 e. The van der Waals surface area contributed by atoms with Crippen molar-refractivity contribution in [2.45, 2.75) is 12.3 Å². The second-order valence-corrected chi connectivity index (χ2v) is 7.75. The Kier molecular flexibility index (Phi) is 4.26. The lowest BCUT2D eigenvalue weighted by molar-refractivity contribution is -0.135. The van der Waals surface area contributed by atoms with Crippen molar-refractivity contribution >= 4 is 22.6 Å². The molecular weight excluding hydrogens is 422 g/mol. The number of carbonyl (C=O) groups is 1. The molecule has 8 nitrogen and oxygen atoms in total. The van der Waals surface area contributed by atoms with Crippen molar-refractivity contribution in [3.63, 3.8) is 0 Å². The van der Waals surface area contributed by atoms with Crippen LogP contribution in [0.25, 0.3) is 27.9 Å². The zero-order valence-corrected chi connectivity index (χ0v) is 17.5. The first-order chi connectivity index (χ1) is 16.1. The van der Waals surface area contributed by atoms with Crippen LogP contribution in [-0.2, 0) is 4.79 Å². The molecule has 1 aliphatic rings. The van der Waals surface area contributed by atoms with Gasteiger partial charge in [0.2, 0.25) is 0 Å². The third-order valence-corrected chi connectivity index (χ3v) is 5.87. The van der Waals surface area contributed by atoms with Crippen molar-refractivity contribution < 1.29 is 18.7 Å². The van der Waals surface area contributed by atoms with Gasteiger partial charge in [0, 0.05) is 47.1 Å². The Labute approximate surface area is 187 Å². The van der Waals surface area contributed by atoms with E-state index < -0.39 is 11.9 Å². The summed E-state index contributed by atoms with van der Waals surface area (Å²) in [4.78, 5) is 30.2. The van der Waals surface area contributed by atoms with Crippen molar-refractivity contribution in [2.75, 3.05) is 7.11 Å². The zero-order chi connectivity index (χ0) is 22.5. The van der Waals surface area contributed by atoms with Crippen LogP contribution in [0.2, 0.25) is 0 Å². The second kappa shape index (κ2) is 7.30. The molecule has 0 bridgehead atoms.